The lowest BCUT2D eigenvalue weighted by Crippen LogP contribution is -2.44. The molecule has 2 heterocycles. The largest absolute Gasteiger partial charge is 0.299 e. The predicted octanol–water partition coefficient (Wildman–Crippen LogP) is 2.62. The Labute approximate surface area is 172 Å². The summed E-state index contributed by atoms with van der Waals surface area (Å²) in [5.41, 5.74) is 6.34. The molecule has 0 spiro atoms. The van der Waals surface area contributed by atoms with Crippen molar-refractivity contribution in [3.8, 4) is 11.4 Å². The van der Waals surface area contributed by atoms with Gasteiger partial charge < -0.3 is 0 Å². The molecule has 1 aromatic carbocycles. The van der Waals surface area contributed by atoms with Crippen molar-refractivity contribution in [1.82, 2.24) is 30.6 Å². The van der Waals surface area contributed by atoms with E-state index in [0.29, 0.717) is 16.8 Å². The Hall–Kier alpha value is -3.20. The Morgan fingerprint density at radius 3 is 2.48 bits per heavy atom. The van der Waals surface area contributed by atoms with Gasteiger partial charge in [0.25, 0.3) is 11.8 Å². The number of benzene rings is 1. The second kappa shape index (κ2) is 8.44. The summed E-state index contributed by atoms with van der Waals surface area (Å²) in [4.78, 5) is 28.6. The van der Waals surface area contributed by atoms with Crippen LogP contribution in [0.25, 0.3) is 11.4 Å². The highest BCUT2D eigenvalue weighted by Gasteiger charge is 2.31. The Morgan fingerprint density at radius 1 is 1.07 bits per heavy atom. The van der Waals surface area contributed by atoms with Gasteiger partial charge >= 0.3 is 0 Å². The van der Waals surface area contributed by atoms with Crippen LogP contribution in [0.1, 0.15) is 36.2 Å². The van der Waals surface area contributed by atoms with E-state index in [9.17, 15) is 9.59 Å². The number of hydrogen-bond acceptors (Lipinski definition) is 6. The molecular weight excluding hydrogens is 388 g/mol. The molecule has 0 bridgehead atoms. The summed E-state index contributed by atoms with van der Waals surface area (Å²) in [5, 5.41) is 8.87. The maximum absolute atomic E-state index is 12.4. The van der Waals surface area contributed by atoms with Crippen LogP contribution in [0, 0.1) is 0 Å². The molecule has 3 aromatic rings. The van der Waals surface area contributed by atoms with Crippen molar-refractivity contribution in [3.63, 3.8) is 0 Å². The Balaban J connectivity index is 1.42. The van der Waals surface area contributed by atoms with Crippen molar-refractivity contribution in [2.24, 2.45) is 0 Å². The van der Waals surface area contributed by atoms with Gasteiger partial charge in [-0.1, -0.05) is 30.0 Å². The molecule has 2 N–H and O–H groups in total. The number of rotatable bonds is 6. The van der Waals surface area contributed by atoms with Gasteiger partial charge in [-0.15, -0.1) is 10.2 Å². The summed E-state index contributed by atoms with van der Waals surface area (Å²) in [6.07, 6.45) is 5.58. The summed E-state index contributed by atoms with van der Waals surface area (Å²) in [7, 11) is 0. The minimum atomic E-state index is -0.460. The highest BCUT2D eigenvalue weighted by molar-refractivity contribution is 8.00. The molecule has 1 aliphatic carbocycles. The first kappa shape index (κ1) is 19.1. The number of nitrogens with one attached hydrogen (secondary N) is 2. The normalized spacial score (nSPS) is 14.2. The van der Waals surface area contributed by atoms with Gasteiger partial charge in [-0.2, -0.15) is 0 Å². The molecule has 0 aliphatic heterocycles. The number of hydrogen-bond donors (Lipinski definition) is 2. The first-order valence-electron chi connectivity index (χ1n) is 9.30. The molecule has 1 fully saturated rings. The van der Waals surface area contributed by atoms with Gasteiger partial charge in [-0.25, -0.2) is 0 Å². The number of pyridine rings is 1. The van der Waals surface area contributed by atoms with Gasteiger partial charge in [-0.05, 0) is 44.0 Å². The molecule has 0 unspecified atom stereocenters. The number of hydrazine groups is 1. The topological polar surface area (TPSA) is 102 Å². The van der Waals surface area contributed by atoms with Crippen molar-refractivity contribution in [1.29, 1.82) is 0 Å². The van der Waals surface area contributed by atoms with Crippen LogP contribution >= 0.6 is 11.8 Å². The van der Waals surface area contributed by atoms with E-state index in [1.807, 2.05) is 18.2 Å². The molecule has 1 saturated carbocycles. The third kappa shape index (κ3) is 4.45. The monoisotopic (exact) mass is 408 g/mol. The standard InChI is InChI=1S/C20H20N6O2S/c1-13(18(27)23-24-19(28)15-5-3-2-4-6-15)29-20-25-22-17(26(20)16-7-8-16)14-9-11-21-12-10-14/h2-6,9-13,16H,7-8H2,1H3,(H,23,27)(H,24,28)/t13-/m0/s1. The van der Waals surface area contributed by atoms with E-state index in [1.165, 1.54) is 11.8 Å². The molecule has 2 aromatic heterocycles. The second-order valence-electron chi connectivity index (χ2n) is 6.71. The summed E-state index contributed by atoms with van der Waals surface area (Å²) >= 11 is 1.32. The molecule has 0 saturated heterocycles. The smallest absolute Gasteiger partial charge is 0.269 e. The van der Waals surface area contributed by atoms with Crippen LogP contribution in [0.3, 0.4) is 0 Å². The van der Waals surface area contributed by atoms with Crippen molar-refractivity contribution in [2.75, 3.05) is 0 Å². The zero-order chi connectivity index (χ0) is 20.2. The first-order valence-corrected chi connectivity index (χ1v) is 10.2. The molecule has 1 aliphatic rings. The number of amides is 2. The quantitative estimate of drug-likeness (QED) is 0.480. The third-order valence-corrected chi connectivity index (χ3v) is 5.56. The van der Waals surface area contributed by atoms with Crippen molar-refractivity contribution in [2.45, 2.75) is 36.2 Å². The fourth-order valence-electron chi connectivity index (χ4n) is 2.81. The maximum atomic E-state index is 12.4. The molecule has 8 nitrogen and oxygen atoms in total. The molecule has 29 heavy (non-hydrogen) atoms. The molecular formula is C20H20N6O2S. The average molecular weight is 408 g/mol. The molecule has 4 rings (SSSR count). The van der Waals surface area contributed by atoms with Crippen molar-refractivity contribution >= 4 is 23.6 Å². The van der Waals surface area contributed by atoms with E-state index in [1.54, 1.807) is 43.6 Å². The van der Waals surface area contributed by atoms with Crippen molar-refractivity contribution < 1.29 is 9.59 Å². The summed E-state index contributed by atoms with van der Waals surface area (Å²) < 4.78 is 2.09. The minimum Gasteiger partial charge on any atom is -0.299 e. The van der Waals surface area contributed by atoms with E-state index < -0.39 is 5.25 Å². The Morgan fingerprint density at radius 2 is 1.79 bits per heavy atom. The SMILES string of the molecule is C[C@H](Sc1nnc(-c2ccncc2)n1C1CC1)C(=O)NNC(=O)c1ccccc1. The van der Waals surface area contributed by atoms with Gasteiger partial charge in [0.05, 0.1) is 5.25 Å². The Kier molecular flexibility index (Phi) is 5.57. The fourth-order valence-corrected chi connectivity index (χ4v) is 3.73. The van der Waals surface area contributed by atoms with Crippen LogP contribution in [0.15, 0.2) is 60.0 Å². The lowest BCUT2D eigenvalue weighted by atomic mass is 10.2. The van der Waals surface area contributed by atoms with Gasteiger partial charge in [0.15, 0.2) is 11.0 Å². The van der Waals surface area contributed by atoms with Crippen molar-refractivity contribution in [3.05, 3.63) is 60.4 Å². The van der Waals surface area contributed by atoms with Gasteiger partial charge in [0.1, 0.15) is 0 Å². The van der Waals surface area contributed by atoms with Crippen LogP contribution in [-0.2, 0) is 4.79 Å². The summed E-state index contributed by atoms with van der Waals surface area (Å²) in [6, 6.07) is 12.9. The Bertz CT molecular complexity index is 1000. The lowest BCUT2D eigenvalue weighted by molar-refractivity contribution is -0.121. The van der Waals surface area contributed by atoms with Crippen LogP contribution in [-0.4, -0.2) is 36.8 Å². The van der Waals surface area contributed by atoms with Crippen LogP contribution in [0.5, 0.6) is 0 Å². The lowest BCUT2D eigenvalue weighted by Gasteiger charge is -2.14. The van der Waals surface area contributed by atoms with E-state index in [4.69, 9.17) is 0 Å². The van der Waals surface area contributed by atoms with Crippen LogP contribution in [0.4, 0.5) is 0 Å². The second-order valence-corrected chi connectivity index (χ2v) is 8.02. The van der Waals surface area contributed by atoms with Crippen LogP contribution in [0.2, 0.25) is 0 Å². The first-order chi connectivity index (χ1) is 14.1. The van der Waals surface area contributed by atoms with E-state index >= 15 is 0 Å². The third-order valence-electron chi connectivity index (χ3n) is 4.50. The molecule has 9 heteroatoms. The van der Waals surface area contributed by atoms with Gasteiger partial charge in [-0.3, -0.25) is 30.0 Å². The number of nitrogens with zero attached hydrogens (tertiary/aromatic N) is 4. The van der Waals surface area contributed by atoms with Gasteiger partial charge in [0, 0.05) is 29.6 Å². The molecule has 148 valence electrons. The highest BCUT2D eigenvalue weighted by atomic mass is 32.2. The number of carbonyl (C=O) groups excluding carboxylic acids is 2. The minimum absolute atomic E-state index is 0.310. The van der Waals surface area contributed by atoms with E-state index in [2.05, 4.69) is 30.6 Å². The van der Waals surface area contributed by atoms with E-state index in [0.717, 1.165) is 24.2 Å². The molecule has 0 radical (unpaired) electrons. The zero-order valence-corrected chi connectivity index (χ0v) is 16.6. The average Bonchev–Trinajstić information content (AvgIpc) is 3.52. The molecule has 1 atom stereocenters. The maximum Gasteiger partial charge on any atom is 0.269 e. The number of carbonyl (C=O) groups is 2. The number of aromatic nitrogens is 4. The summed E-state index contributed by atoms with van der Waals surface area (Å²) in [6.45, 7) is 1.77. The van der Waals surface area contributed by atoms with E-state index in [-0.39, 0.29) is 11.8 Å². The van der Waals surface area contributed by atoms with Gasteiger partial charge in [0.2, 0.25) is 0 Å². The zero-order valence-electron chi connectivity index (χ0n) is 15.8. The molecule has 2 amide bonds. The van der Waals surface area contributed by atoms with Crippen LogP contribution < -0.4 is 10.9 Å². The number of thioether (sulfide) groups is 1. The highest BCUT2D eigenvalue weighted by Crippen LogP contribution is 2.41. The predicted molar refractivity (Wildman–Crippen MR) is 109 cm³/mol. The fraction of sp³-hybridized carbons (Fsp3) is 0.250. The summed E-state index contributed by atoms with van der Waals surface area (Å²) in [5.74, 6) is 0.106.